The van der Waals surface area contributed by atoms with Crippen LogP contribution in [0.1, 0.15) is 37.7 Å². The van der Waals surface area contributed by atoms with Gasteiger partial charge in [-0.15, -0.1) is 0 Å². The normalized spacial score (nSPS) is 16.0. The van der Waals surface area contributed by atoms with Crippen molar-refractivity contribution in [3.05, 3.63) is 58.4 Å². The van der Waals surface area contributed by atoms with Gasteiger partial charge in [-0.3, -0.25) is 0 Å². The number of hydrogen-bond acceptors (Lipinski definition) is 4. The van der Waals surface area contributed by atoms with E-state index in [0.29, 0.717) is 16.7 Å². The summed E-state index contributed by atoms with van der Waals surface area (Å²) >= 11 is 0. The predicted molar refractivity (Wildman–Crippen MR) is 95.6 cm³/mol. The molecular formula is C19H19NO3. The van der Waals surface area contributed by atoms with Gasteiger partial charge in [-0.2, -0.15) is 0 Å². The van der Waals surface area contributed by atoms with E-state index in [1.165, 1.54) is 12.2 Å². The van der Waals surface area contributed by atoms with E-state index >= 15 is 0 Å². The van der Waals surface area contributed by atoms with E-state index in [1.807, 2.05) is 19.1 Å². The lowest BCUT2D eigenvalue weighted by atomic mass is 9.88. The van der Waals surface area contributed by atoms with Gasteiger partial charge in [0, 0.05) is 22.2 Å². The van der Waals surface area contributed by atoms with Gasteiger partial charge < -0.3 is 14.8 Å². The van der Waals surface area contributed by atoms with Gasteiger partial charge >= 0.3 is 5.63 Å². The number of anilines is 1. The van der Waals surface area contributed by atoms with Crippen molar-refractivity contribution in [2.24, 2.45) is 0 Å². The van der Waals surface area contributed by atoms with Crippen LogP contribution in [0.15, 0.2) is 40.3 Å². The molecule has 0 saturated carbocycles. The van der Waals surface area contributed by atoms with Gasteiger partial charge in [0.05, 0.1) is 17.2 Å². The third-order valence-corrected chi connectivity index (χ3v) is 4.02. The largest absolute Gasteiger partial charge is 0.516 e. The predicted octanol–water partition coefficient (Wildman–Crippen LogP) is 4.57. The van der Waals surface area contributed by atoms with Crippen molar-refractivity contribution in [2.45, 2.75) is 26.3 Å². The number of fused-ring (bicyclic) bond motifs is 3. The highest BCUT2D eigenvalue weighted by molar-refractivity contribution is 6.03. The molecule has 4 heteroatoms. The monoisotopic (exact) mass is 309 g/mol. The second kappa shape index (κ2) is 5.16. The Morgan fingerprint density at radius 2 is 2.09 bits per heavy atom. The summed E-state index contributed by atoms with van der Waals surface area (Å²) in [6.45, 7) is 9.81. The molecule has 0 aliphatic carbocycles. The maximum absolute atomic E-state index is 12.5. The SMILES string of the molecule is C=Cc1oc(=O)c2c3c(ccc2c1/C=C\O)NC(C)(C)C=C3C. The van der Waals surface area contributed by atoms with Gasteiger partial charge in [0.15, 0.2) is 0 Å². The molecule has 0 bridgehead atoms. The molecular weight excluding hydrogens is 290 g/mol. The average Bonchev–Trinajstić information content (AvgIpc) is 2.48. The summed E-state index contributed by atoms with van der Waals surface area (Å²) in [7, 11) is 0. The molecule has 23 heavy (non-hydrogen) atoms. The Balaban J connectivity index is 2.48. The van der Waals surface area contributed by atoms with Crippen LogP contribution in [0.2, 0.25) is 0 Å². The molecule has 4 nitrogen and oxygen atoms in total. The summed E-state index contributed by atoms with van der Waals surface area (Å²) in [5.41, 5.74) is 2.82. The fourth-order valence-corrected chi connectivity index (χ4v) is 3.29. The Hall–Kier alpha value is -2.75. The number of aliphatic hydroxyl groups excluding tert-OH is 1. The first kappa shape index (κ1) is 15.2. The van der Waals surface area contributed by atoms with Crippen molar-refractivity contribution in [3.63, 3.8) is 0 Å². The Morgan fingerprint density at radius 1 is 1.35 bits per heavy atom. The van der Waals surface area contributed by atoms with Crippen molar-refractivity contribution in [1.82, 2.24) is 0 Å². The van der Waals surface area contributed by atoms with Crippen LogP contribution in [-0.2, 0) is 0 Å². The minimum Gasteiger partial charge on any atom is -0.516 e. The van der Waals surface area contributed by atoms with Crippen LogP contribution in [0, 0.1) is 0 Å². The summed E-state index contributed by atoms with van der Waals surface area (Å²) < 4.78 is 5.40. The van der Waals surface area contributed by atoms with Crippen molar-refractivity contribution in [1.29, 1.82) is 0 Å². The highest BCUT2D eigenvalue weighted by atomic mass is 16.4. The Labute approximate surface area is 134 Å². The number of hydrogen-bond donors (Lipinski definition) is 2. The zero-order valence-electron chi connectivity index (χ0n) is 13.4. The fraction of sp³-hybridized carbons (Fsp3) is 0.211. The number of allylic oxidation sites excluding steroid dienone is 1. The summed E-state index contributed by atoms with van der Waals surface area (Å²) in [6, 6.07) is 3.83. The lowest BCUT2D eigenvalue weighted by Gasteiger charge is -2.32. The van der Waals surface area contributed by atoms with Gasteiger partial charge in [-0.1, -0.05) is 18.7 Å². The number of rotatable bonds is 2. The molecule has 0 fully saturated rings. The minimum absolute atomic E-state index is 0.181. The minimum atomic E-state index is -0.406. The zero-order valence-corrected chi connectivity index (χ0v) is 13.4. The highest BCUT2D eigenvalue weighted by Crippen LogP contribution is 2.38. The molecule has 0 unspecified atom stereocenters. The third kappa shape index (κ3) is 2.36. The van der Waals surface area contributed by atoms with Crippen molar-refractivity contribution in [3.8, 4) is 0 Å². The molecule has 0 spiro atoms. The van der Waals surface area contributed by atoms with E-state index in [4.69, 9.17) is 9.52 Å². The van der Waals surface area contributed by atoms with E-state index in [0.717, 1.165) is 28.5 Å². The van der Waals surface area contributed by atoms with Gasteiger partial charge in [0.2, 0.25) is 0 Å². The molecule has 0 atom stereocenters. The van der Waals surface area contributed by atoms with Crippen LogP contribution >= 0.6 is 0 Å². The van der Waals surface area contributed by atoms with Gasteiger partial charge in [-0.05, 0) is 44.6 Å². The van der Waals surface area contributed by atoms with Crippen LogP contribution in [-0.4, -0.2) is 10.6 Å². The molecule has 3 rings (SSSR count). The smallest absolute Gasteiger partial charge is 0.344 e. The maximum Gasteiger partial charge on any atom is 0.344 e. The van der Waals surface area contributed by atoms with Crippen molar-refractivity contribution < 1.29 is 9.52 Å². The van der Waals surface area contributed by atoms with Crippen LogP contribution < -0.4 is 10.9 Å². The summed E-state index contributed by atoms with van der Waals surface area (Å²) in [6.07, 6.45) is 6.01. The summed E-state index contributed by atoms with van der Waals surface area (Å²) in [4.78, 5) is 12.5. The van der Waals surface area contributed by atoms with Crippen LogP contribution in [0.4, 0.5) is 5.69 Å². The van der Waals surface area contributed by atoms with E-state index < -0.39 is 5.63 Å². The van der Waals surface area contributed by atoms with Crippen molar-refractivity contribution in [2.75, 3.05) is 5.32 Å². The summed E-state index contributed by atoms with van der Waals surface area (Å²) in [5.74, 6) is 0.346. The van der Waals surface area contributed by atoms with Gasteiger partial charge in [0.25, 0.3) is 0 Å². The Kier molecular flexibility index (Phi) is 3.40. The first-order chi connectivity index (χ1) is 10.9. The van der Waals surface area contributed by atoms with Crippen molar-refractivity contribution >= 4 is 34.2 Å². The van der Waals surface area contributed by atoms with E-state index in [-0.39, 0.29) is 5.54 Å². The highest BCUT2D eigenvalue weighted by Gasteiger charge is 2.26. The average molecular weight is 309 g/mol. The fourth-order valence-electron chi connectivity index (χ4n) is 3.29. The topological polar surface area (TPSA) is 62.5 Å². The standard InChI is InChI=1S/C19H19NO3/c1-5-15-12(8-9-21)13-6-7-14-16(17(13)18(22)23-15)11(2)10-19(3,4)20-14/h5-10,20-21H,1H2,2-4H3/b9-8-. The number of benzene rings is 1. The third-order valence-electron chi connectivity index (χ3n) is 4.02. The molecule has 1 aliphatic rings. The lowest BCUT2D eigenvalue weighted by Crippen LogP contribution is -2.31. The molecule has 2 aromatic rings. The molecule has 1 aromatic heterocycles. The molecule has 0 amide bonds. The molecule has 0 radical (unpaired) electrons. The number of aliphatic hydroxyl groups is 1. The zero-order chi connectivity index (χ0) is 16.8. The second-order valence-corrected chi connectivity index (χ2v) is 6.27. The number of nitrogens with one attached hydrogen (secondary N) is 1. The molecule has 2 N–H and O–H groups in total. The summed E-state index contributed by atoms with van der Waals surface area (Å²) in [5, 5.41) is 13.8. The quantitative estimate of drug-likeness (QED) is 0.798. The van der Waals surface area contributed by atoms with Gasteiger partial charge in [-0.25, -0.2) is 4.79 Å². The van der Waals surface area contributed by atoms with Crippen LogP contribution in [0.5, 0.6) is 0 Å². The van der Waals surface area contributed by atoms with Gasteiger partial charge in [0.1, 0.15) is 5.76 Å². The van der Waals surface area contributed by atoms with E-state index in [9.17, 15) is 4.79 Å². The first-order valence-electron chi connectivity index (χ1n) is 7.43. The molecule has 1 aliphatic heterocycles. The molecule has 1 aromatic carbocycles. The molecule has 2 heterocycles. The van der Waals surface area contributed by atoms with E-state index in [1.54, 1.807) is 0 Å². The van der Waals surface area contributed by atoms with Crippen LogP contribution in [0.3, 0.4) is 0 Å². The second-order valence-electron chi connectivity index (χ2n) is 6.27. The van der Waals surface area contributed by atoms with E-state index in [2.05, 4.69) is 31.8 Å². The Bertz CT molecular complexity index is 930. The van der Waals surface area contributed by atoms with Crippen LogP contribution in [0.25, 0.3) is 28.5 Å². The lowest BCUT2D eigenvalue weighted by molar-refractivity contribution is 0.477. The maximum atomic E-state index is 12.5. The Morgan fingerprint density at radius 3 is 2.74 bits per heavy atom. The molecule has 118 valence electrons. The first-order valence-corrected chi connectivity index (χ1v) is 7.43. The molecule has 0 saturated heterocycles.